The molecule has 0 aromatic heterocycles. The van der Waals surface area contributed by atoms with Crippen LogP contribution in [0.3, 0.4) is 0 Å². The van der Waals surface area contributed by atoms with Crippen LogP contribution in [0.25, 0.3) is 22.3 Å². The van der Waals surface area contributed by atoms with Crippen LogP contribution in [0.4, 0.5) is 17.6 Å². The van der Waals surface area contributed by atoms with Crippen LogP contribution in [0.15, 0.2) is 61.2 Å². The van der Waals surface area contributed by atoms with Crippen molar-refractivity contribution < 1.29 is 22.3 Å². The van der Waals surface area contributed by atoms with Gasteiger partial charge in [0.05, 0.1) is 0 Å². The molecule has 0 atom stereocenters. The van der Waals surface area contributed by atoms with Crippen LogP contribution in [0.5, 0.6) is 5.75 Å². The molecule has 212 valence electrons. The van der Waals surface area contributed by atoms with Gasteiger partial charge in [0, 0.05) is 11.1 Å². The average molecular weight is 551 g/mol. The van der Waals surface area contributed by atoms with Gasteiger partial charge in [-0.05, 0) is 91.0 Å². The van der Waals surface area contributed by atoms with Crippen molar-refractivity contribution in [2.75, 3.05) is 6.61 Å². The lowest BCUT2D eigenvalue weighted by molar-refractivity contribution is 0.158. The highest BCUT2D eigenvalue weighted by atomic mass is 19.2. The molecule has 0 N–H and O–H groups in total. The summed E-state index contributed by atoms with van der Waals surface area (Å²) in [7, 11) is 0. The largest absolute Gasteiger partial charge is 0.486 e. The topological polar surface area (TPSA) is 9.23 Å². The van der Waals surface area contributed by atoms with Gasteiger partial charge in [-0.25, -0.2) is 13.2 Å². The number of benzene rings is 3. The molecule has 0 bridgehead atoms. The second kappa shape index (κ2) is 12.6. The normalized spacial score (nSPS) is 23.1. The number of hydrogen-bond acceptors (Lipinski definition) is 1. The number of halogens is 4. The van der Waals surface area contributed by atoms with E-state index < -0.39 is 23.3 Å². The molecule has 0 saturated heterocycles. The highest BCUT2D eigenvalue weighted by Crippen LogP contribution is 2.45. The van der Waals surface area contributed by atoms with E-state index in [-0.39, 0.29) is 29.4 Å². The van der Waals surface area contributed by atoms with Gasteiger partial charge in [-0.2, -0.15) is 4.39 Å². The Morgan fingerprint density at radius 2 is 1.20 bits per heavy atom. The first-order valence-corrected chi connectivity index (χ1v) is 14.7. The fraction of sp³-hybridized carbons (Fsp3) is 0.429. The van der Waals surface area contributed by atoms with Gasteiger partial charge in [-0.1, -0.05) is 75.2 Å². The van der Waals surface area contributed by atoms with Gasteiger partial charge in [0.25, 0.3) is 0 Å². The minimum atomic E-state index is -1.08. The Hall–Kier alpha value is -3.08. The van der Waals surface area contributed by atoms with Crippen molar-refractivity contribution in [1.29, 1.82) is 0 Å². The zero-order valence-electron chi connectivity index (χ0n) is 23.2. The number of hydrogen-bond donors (Lipinski definition) is 0. The minimum absolute atomic E-state index is 0.0467. The quantitative estimate of drug-likeness (QED) is 0.200. The van der Waals surface area contributed by atoms with Gasteiger partial charge in [0.1, 0.15) is 6.61 Å². The Balaban J connectivity index is 1.27. The molecule has 1 nitrogen and oxygen atoms in total. The van der Waals surface area contributed by atoms with Crippen LogP contribution in [0.1, 0.15) is 76.2 Å². The molecule has 2 aliphatic rings. The molecule has 0 heterocycles. The Bertz CT molecular complexity index is 1320. The lowest BCUT2D eigenvalue weighted by Gasteiger charge is -2.38. The fourth-order valence-corrected chi connectivity index (χ4v) is 6.92. The maximum atomic E-state index is 15.3. The van der Waals surface area contributed by atoms with E-state index in [1.54, 1.807) is 36.4 Å². The maximum Gasteiger partial charge on any atom is 0.201 e. The van der Waals surface area contributed by atoms with Gasteiger partial charge in [-0.15, -0.1) is 0 Å². The van der Waals surface area contributed by atoms with Crippen molar-refractivity contribution in [3.8, 4) is 28.0 Å². The van der Waals surface area contributed by atoms with Gasteiger partial charge in [0.15, 0.2) is 23.2 Å². The number of rotatable bonds is 8. The standard InChI is InChI=1S/C35H38F4O/c1-3-21-40-31-20-19-30(34(38)35(31)39)27-15-13-26(14-16-27)29-18-17-28(32(36)33(29)37)25-11-9-24(10-12-25)23-7-5-22(4-2)6-8-23/h3,13-20,22-25H,1,4-12,21H2,2H3. The monoisotopic (exact) mass is 550 g/mol. The van der Waals surface area contributed by atoms with Crippen LogP contribution in [0.2, 0.25) is 0 Å². The molecule has 3 aromatic rings. The molecule has 40 heavy (non-hydrogen) atoms. The van der Waals surface area contributed by atoms with E-state index in [1.807, 2.05) is 0 Å². The SMILES string of the molecule is C=CCOc1ccc(-c2ccc(-c3ccc(C4CCC(C5CCC(CC)CC5)CC4)c(F)c3F)cc2)c(F)c1F. The molecule has 0 unspecified atom stereocenters. The molecule has 2 aliphatic carbocycles. The highest BCUT2D eigenvalue weighted by Gasteiger charge is 2.32. The Morgan fingerprint density at radius 1 is 0.675 bits per heavy atom. The molecule has 0 radical (unpaired) electrons. The van der Waals surface area contributed by atoms with Gasteiger partial charge in [-0.3, -0.25) is 0 Å². The summed E-state index contributed by atoms with van der Waals surface area (Å²) in [6.07, 6.45) is 12.0. The third kappa shape index (κ3) is 5.84. The summed E-state index contributed by atoms with van der Waals surface area (Å²) >= 11 is 0. The van der Waals surface area contributed by atoms with Crippen LogP contribution >= 0.6 is 0 Å². The predicted octanol–water partition coefficient (Wildman–Crippen LogP) is 10.6. The molecule has 2 fully saturated rings. The van der Waals surface area contributed by atoms with Crippen LogP contribution < -0.4 is 4.74 Å². The highest BCUT2D eigenvalue weighted by molar-refractivity contribution is 5.72. The molecule has 0 amide bonds. The summed E-state index contributed by atoms with van der Waals surface area (Å²) in [5.41, 5.74) is 1.60. The van der Waals surface area contributed by atoms with E-state index in [2.05, 4.69) is 13.5 Å². The molecule has 0 aliphatic heterocycles. The van der Waals surface area contributed by atoms with E-state index in [0.29, 0.717) is 22.6 Å². The lowest BCUT2D eigenvalue weighted by atomic mass is 9.68. The van der Waals surface area contributed by atoms with E-state index >= 15 is 8.78 Å². The first kappa shape index (κ1) is 28.4. The average Bonchev–Trinajstić information content (AvgIpc) is 3.00. The molecule has 3 aromatic carbocycles. The third-order valence-corrected chi connectivity index (χ3v) is 9.37. The molecular weight excluding hydrogens is 512 g/mol. The van der Waals surface area contributed by atoms with E-state index in [0.717, 1.165) is 37.5 Å². The Labute approximate surface area is 235 Å². The smallest absolute Gasteiger partial charge is 0.201 e. The van der Waals surface area contributed by atoms with Crippen LogP contribution in [-0.2, 0) is 0 Å². The molecule has 5 rings (SSSR count). The summed E-state index contributed by atoms with van der Waals surface area (Å²) in [5, 5.41) is 0. The second-order valence-electron chi connectivity index (χ2n) is 11.5. The van der Waals surface area contributed by atoms with Gasteiger partial charge < -0.3 is 4.74 Å². The Morgan fingerprint density at radius 3 is 1.75 bits per heavy atom. The van der Waals surface area contributed by atoms with E-state index in [1.165, 1.54) is 50.3 Å². The summed E-state index contributed by atoms with van der Waals surface area (Å²) in [6.45, 7) is 5.85. The molecule has 0 spiro atoms. The summed E-state index contributed by atoms with van der Waals surface area (Å²) < 4.78 is 64.9. The predicted molar refractivity (Wildman–Crippen MR) is 153 cm³/mol. The van der Waals surface area contributed by atoms with Crippen molar-refractivity contribution >= 4 is 0 Å². The van der Waals surface area contributed by atoms with Crippen LogP contribution in [-0.4, -0.2) is 6.61 Å². The van der Waals surface area contributed by atoms with Gasteiger partial charge >= 0.3 is 0 Å². The maximum absolute atomic E-state index is 15.3. The first-order chi connectivity index (χ1) is 19.4. The summed E-state index contributed by atoms with van der Waals surface area (Å²) in [5.74, 6) is -1.48. The second-order valence-corrected chi connectivity index (χ2v) is 11.5. The number of ether oxygens (including phenoxy) is 1. The van der Waals surface area contributed by atoms with Crippen LogP contribution in [0, 0.1) is 41.0 Å². The molecule has 2 saturated carbocycles. The van der Waals surface area contributed by atoms with Crippen molar-refractivity contribution in [2.24, 2.45) is 17.8 Å². The third-order valence-electron chi connectivity index (χ3n) is 9.37. The molecule has 5 heteroatoms. The minimum Gasteiger partial charge on any atom is -0.486 e. The summed E-state index contributed by atoms with van der Waals surface area (Å²) in [6, 6.07) is 12.5. The van der Waals surface area contributed by atoms with E-state index in [4.69, 9.17) is 4.74 Å². The zero-order valence-corrected chi connectivity index (χ0v) is 23.2. The zero-order chi connectivity index (χ0) is 28.2. The van der Waals surface area contributed by atoms with E-state index in [9.17, 15) is 8.78 Å². The Kier molecular flexibility index (Phi) is 8.97. The summed E-state index contributed by atoms with van der Waals surface area (Å²) in [4.78, 5) is 0. The van der Waals surface area contributed by atoms with Gasteiger partial charge in [0.2, 0.25) is 5.82 Å². The van der Waals surface area contributed by atoms with Crippen molar-refractivity contribution in [3.05, 3.63) is 90.0 Å². The fourth-order valence-electron chi connectivity index (χ4n) is 6.92. The molecular formula is C35H38F4O. The van der Waals surface area contributed by atoms with Crippen molar-refractivity contribution in [3.63, 3.8) is 0 Å². The lowest BCUT2D eigenvalue weighted by Crippen LogP contribution is -2.25. The van der Waals surface area contributed by atoms with Crippen molar-refractivity contribution in [1.82, 2.24) is 0 Å². The van der Waals surface area contributed by atoms with Crippen molar-refractivity contribution in [2.45, 2.75) is 70.6 Å². The first-order valence-electron chi connectivity index (χ1n) is 14.7.